The lowest BCUT2D eigenvalue weighted by atomic mass is 9.99. The van der Waals surface area contributed by atoms with Crippen molar-refractivity contribution in [2.45, 2.75) is 0 Å². The number of nitrogens with zero attached hydrogens (tertiary/aromatic N) is 4. The first kappa shape index (κ1) is 31.5. The maximum absolute atomic E-state index is 6.50. The standard InChI is InChI=1S/C51H30N4O2/c1-3-13-31(14-4-1)36-21-12-24-45-48(36)39-26-25-34(28-46(39)57-45)51-53-49(32-15-5-2-6-16-32)52-50(54-51)33-17-11-18-35(27-33)55-42-22-9-7-19-37(42)40-29-41-38-20-8-10-23-44(38)56-47(41)30-43(40)55/h1-30H. The van der Waals surface area contributed by atoms with Crippen molar-refractivity contribution in [3.8, 4) is 51.0 Å². The summed E-state index contributed by atoms with van der Waals surface area (Å²) in [5.74, 6) is 1.75. The van der Waals surface area contributed by atoms with Gasteiger partial charge in [0.2, 0.25) is 0 Å². The highest BCUT2D eigenvalue weighted by Crippen LogP contribution is 2.40. The molecule has 4 heterocycles. The van der Waals surface area contributed by atoms with Gasteiger partial charge in [0.15, 0.2) is 17.5 Å². The van der Waals surface area contributed by atoms with E-state index in [0.29, 0.717) is 17.5 Å². The highest BCUT2D eigenvalue weighted by Gasteiger charge is 2.19. The average molecular weight is 731 g/mol. The number of furan rings is 2. The van der Waals surface area contributed by atoms with Gasteiger partial charge in [0, 0.05) is 60.8 Å². The van der Waals surface area contributed by atoms with Crippen LogP contribution in [0.3, 0.4) is 0 Å². The SMILES string of the molecule is c1ccc(-c2nc(-c3cccc(-n4c5ccccc5c5cc6c(cc54)oc4ccccc46)c3)nc(-c3ccc4c(c3)oc3cccc(-c5ccccc5)c34)n2)cc1. The van der Waals surface area contributed by atoms with E-state index >= 15 is 0 Å². The Hall–Kier alpha value is -7.83. The Balaban J connectivity index is 1.03. The number of fused-ring (bicyclic) bond motifs is 9. The molecule has 0 bridgehead atoms. The quantitative estimate of drug-likeness (QED) is 0.176. The Labute approximate surface area is 325 Å². The van der Waals surface area contributed by atoms with Crippen LogP contribution in [-0.4, -0.2) is 19.5 Å². The Morgan fingerprint density at radius 3 is 1.77 bits per heavy atom. The van der Waals surface area contributed by atoms with Crippen LogP contribution in [0.1, 0.15) is 0 Å². The summed E-state index contributed by atoms with van der Waals surface area (Å²) < 4.78 is 15.2. The van der Waals surface area contributed by atoms with Crippen LogP contribution >= 0.6 is 0 Å². The summed E-state index contributed by atoms with van der Waals surface area (Å²) >= 11 is 0. The minimum atomic E-state index is 0.569. The molecule has 0 unspecified atom stereocenters. The Kier molecular flexibility index (Phi) is 6.83. The maximum Gasteiger partial charge on any atom is 0.164 e. The average Bonchev–Trinajstić information content (AvgIpc) is 3.95. The first-order valence-electron chi connectivity index (χ1n) is 19.0. The molecular weight excluding hydrogens is 701 g/mol. The monoisotopic (exact) mass is 730 g/mol. The minimum Gasteiger partial charge on any atom is -0.456 e. The molecule has 0 N–H and O–H groups in total. The van der Waals surface area contributed by atoms with Crippen LogP contribution in [0.5, 0.6) is 0 Å². The summed E-state index contributed by atoms with van der Waals surface area (Å²) in [5.41, 5.74) is 11.4. The van der Waals surface area contributed by atoms with Crippen LogP contribution in [0.15, 0.2) is 191 Å². The first-order chi connectivity index (χ1) is 28.2. The van der Waals surface area contributed by atoms with Crippen molar-refractivity contribution in [2.75, 3.05) is 0 Å². The number of aromatic nitrogens is 4. The van der Waals surface area contributed by atoms with E-state index in [-0.39, 0.29) is 0 Å². The molecule has 4 aromatic heterocycles. The lowest BCUT2D eigenvalue weighted by Gasteiger charge is -2.11. The predicted octanol–water partition coefficient (Wildman–Crippen LogP) is 13.4. The smallest absolute Gasteiger partial charge is 0.164 e. The van der Waals surface area contributed by atoms with E-state index in [0.717, 1.165) is 88.4 Å². The zero-order valence-corrected chi connectivity index (χ0v) is 30.4. The second-order valence-corrected chi connectivity index (χ2v) is 14.4. The second-order valence-electron chi connectivity index (χ2n) is 14.4. The molecule has 0 aliphatic carbocycles. The molecule has 0 fully saturated rings. The lowest BCUT2D eigenvalue weighted by Crippen LogP contribution is -2.01. The zero-order valence-electron chi connectivity index (χ0n) is 30.4. The van der Waals surface area contributed by atoms with Crippen molar-refractivity contribution < 1.29 is 8.83 Å². The van der Waals surface area contributed by atoms with Crippen LogP contribution in [-0.2, 0) is 0 Å². The molecule has 0 saturated carbocycles. The maximum atomic E-state index is 6.50. The number of rotatable bonds is 5. The van der Waals surface area contributed by atoms with Crippen molar-refractivity contribution in [3.63, 3.8) is 0 Å². The van der Waals surface area contributed by atoms with E-state index in [1.807, 2.05) is 66.7 Å². The van der Waals surface area contributed by atoms with Gasteiger partial charge in [0.25, 0.3) is 0 Å². The van der Waals surface area contributed by atoms with Crippen LogP contribution in [0.2, 0.25) is 0 Å². The summed E-state index contributed by atoms with van der Waals surface area (Å²) in [4.78, 5) is 15.3. The van der Waals surface area contributed by atoms with Crippen LogP contribution in [0, 0.1) is 0 Å². The molecule has 0 atom stereocenters. The van der Waals surface area contributed by atoms with Gasteiger partial charge in [-0.3, -0.25) is 0 Å². The summed E-state index contributed by atoms with van der Waals surface area (Å²) in [6.45, 7) is 0. The van der Waals surface area contributed by atoms with Crippen molar-refractivity contribution in [3.05, 3.63) is 182 Å². The Bertz CT molecular complexity index is 3530. The normalized spacial score (nSPS) is 11.9. The van der Waals surface area contributed by atoms with Gasteiger partial charge in [-0.25, -0.2) is 15.0 Å². The predicted molar refractivity (Wildman–Crippen MR) is 230 cm³/mol. The van der Waals surface area contributed by atoms with Gasteiger partial charge >= 0.3 is 0 Å². The van der Waals surface area contributed by atoms with Crippen molar-refractivity contribution in [2.24, 2.45) is 0 Å². The summed E-state index contributed by atoms with van der Waals surface area (Å²) in [6, 6.07) is 62.6. The third kappa shape index (κ3) is 5.01. The molecule has 0 aliphatic heterocycles. The van der Waals surface area contributed by atoms with E-state index in [4.69, 9.17) is 23.8 Å². The van der Waals surface area contributed by atoms with Gasteiger partial charge in [-0.15, -0.1) is 0 Å². The first-order valence-corrected chi connectivity index (χ1v) is 19.0. The molecule has 0 spiro atoms. The molecule has 0 aliphatic rings. The van der Waals surface area contributed by atoms with Crippen LogP contribution in [0.4, 0.5) is 0 Å². The molecule has 57 heavy (non-hydrogen) atoms. The molecule has 8 aromatic carbocycles. The third-order valence-electron chi connectivity index (χ3n) is 11.0. The van der Waals surface area contributed by atoms with Gasteiger partial charge in [0.05, 0.1) is 11.0 Å². The summed E-state index contributed by atoms with van der Waals surface area (Å²) in [6.07, 6.45) is 0. The van der Waals surface area contributed by atoms with Gasteiger partial charge < -0.3 is 13.4 Å². The molecule has 6 heteroatoms. The topological polar surface area (TPSA) is 69.9 Å². The minimum absolute atomic E-state index is 0.569. The number of hydrogen-bond donors (Lipinski definition) is 0. The molecule has 266 valence electrons. The fourth-order valence-electron chi connectivity index (χ4n) is 8.42. The number of hydrogen-bond acceptors (Lipinski definition) is 5. The largest absolute Gasteiger partial charge is 0.456 e. The molecule has 0 saturated heterocycles. The van der Waals surface area contributed by atoms with E-state index in [2.05, 4.69) is 120 Å². The molecule has 6 nitrogen and oxygen atoms in total. The molecule has 12 aromatic rings. The molecule has 0 radical (unpaired) electrons. The summed E-state index contributed by atoms with van der Waals surface area (Å²) in [5, 5.41) is 6.71. The zero-order chi connectivity index (χ0) is 37.5. The fraction of sp³-hybridized carbons (Fsp3) is 0. The van der Waals surface area contributed by atoms with Gasteiger partial charge in [0.1, 0.15) is 22.3 Å². The number of para-hydroxylation sites is 2. The van der Waals surface area contributed by atoms with Gasteiger partial charge in [-0.2, -0.15) is 0 Å². The van der Waals surface area contributed by atoms with Gasteiger partial charge in [-0.05, 0) is 59.7 Å². The van der Waals surface area contributed by atoms with E-state index in [9.17, 15) is 0 Å². The van der Waals surface area contributed by atoms with E-state index in [1.54, 1.807) is 0 Å². The lowest BCUT2D eigenvalue weighted by molar-refractivity contribution is 0.669. The van der Waals surface area contributed by atoms with E-state index in [1.165, 1.54) is 10.8 Å². The Morgan fingerprint density at radius 2 is 0.947 bits per heavy atom. The molecular formula is C51H30N4O2. The van der Waals surface area contributed by atoms with Crippen molar-refractivity contribution >= 4 is 65.7 Å². The van der Waals surface area contributed by atoms with Crippen molar-refractivity contribution in [1.29, 1.82) is 0 Å². The fourth-order valence-corrected chi connectivity index (χ4v) is 8.42. The highest BCUT2D eigenvalue weighted by molar-refractivity contribution is 6.17. The number of benzene rings is 8. The van der Waals surface area contributed by atoms with E-state index < -0.39 is 0 Å². The molecule has 12 rings (SSSR count). The second kappa shape index (κ2) is 12.3. The Morgan fingerprint density at radius 1 is 0.333 bits per heavy atom. The summed E-state index contributed by atoms with van der Waals surface area (Å²) in [7, 11) is 0. The van der Waals surface area contributed by atoms with Crippen LogP contribution in [0.25, 0.3) is 117 Å². The van der Waals surface area contributed by atoms with Gasteiger partial charge in [-0.1, -0.05) is 127 Å². The van der Waals surface area contributed by atoms with Crippen molar-refractivity contribution in [1.82, 2.24) is 19.5 Å². The highest BCUT2D eigenvalue weighted by atomic mass is 16.3. The third-order valence-corrected chi connectivity index (χ3v) is 11.0. The molecule has 0 amide bonds. The van der Waals surface area contributed by atoms with Crippen LogP contribution < -0.4 is 0 Å².